The van der Waals surface area contributed by atoms with Gasteiger partial charge in [0.05, 0.1) is 26.8 Å². The van der Waals surface area contributed by atoms with Gasteiger partial charge in [-0.05, 0) is 12.8 Å². The summed E-state index contributed by atoms with van der Waals surface area (Å²) in [4.78, 5) is 0. The molecule has 0 spiro atoms. The topological polar surface area (TPSA) is 9.23 Å². The molecule has 0 unspecified atom stereocenters. The smallest absolute Gasteiger partial charge is 0.102 e. The summed E-state index contributed by atoms with van der Waals surface area (Å²) in [6.07, 6.45) is 5.91. The molecule has 0 aromatic rings. The molecule has 2 nitrogen and oxygen atoms in total. The lowest BCUT2D eigenvalue weighted by Crippen LogP contribution is -2.53. The van der Waals surface area contributed by atoms with E-state index in [-0.39, 0.29) is 0 Å². The van der Waals surface area contributed by atoms with Crippen LogP contribution in [0.1, 0.15) is 25.7 Å². The monoisotopic (exact) mass is 184 g/mol. The van der Waals surface area contributed by atoms with Crippen LogP contribution >= 0.6 is 0 Å². The van der Waals surface area contributed by atoms with Crippen LogP contribution in [0.4, 0.5) is 0 Å². The summed E-state index contributed by atoms with van der Waals surface area (Å²) in [5, 5.41) is 0. The Morgan fingerprint density at radius 1 is 1.15 bits per heavy atom. The van der Waals surface area contributed by atoms with E-state index in [0.29, 0.717) is 0 Å². The first kappa shape index (κ1) is 9.47. The molecule has 1 aliphatic carbocycles. The lowest BCUT2D eigenvalue weighted by atomic mass is 10.1. The van der Waals surface area contributed by atoms with Gasteiger partial charge in [0.25, 0.3) is 0 Å². The van der Waals surface area contributed by atoms with Crippen molar-refractivity contribution in [1.82, 2.24) is 0 Å². The Balaban J connectivity index is 1.83. The van der Waals surface area contributed by atoms with Gasteiger partial charge in [-0.1, -0.05) is 12.8 Å². The second kappa shape index (κ2) is 3.97. The molecule has 0 aromatic heterocycles. The second-order valence-corrected chi connectivity index (χ2v) is 5.01. The first-order chi connectivity index (χ1) is 6.29. The summed E-state index contributed by atoms with van der Waals surface area (Å²) in [5.74, 6) is 1.02. The standard InChI is InChI=1S/C11H22NO/c1-12(6-8-13-9-7-12)10-11-4-2-3-5-11/h11H,2-10H2,1H3/q+1. The van der Waals surface area contributed by atoms with E-state index in [0.717, 1.165) is 19.1 Å². The molecule has 1 saturated carbocycles. The summed E-state index contributed by atoms with van der Waals surface area (Å²) >= 11 is 0. The van der Waals surface area contributed by atoms with E-state index in [1.807, 2.05) is 0 Å². The molecule has 2 aliphatic rings. The zero-order valence-electron chi connectivity index (χ0n) is 8.80. The number of hydrogen-bond acceptors (Lipinski definition) is 1. The number of morpholine rings is 1. The van der Waals surface area contributed by atoms with Crippen molar-refractivity contribution < 1.29 is 9.22 Å². The van der Waals surface area contributed by atoms with E-state index in [2.05, 4.69) is 7.05 Å². The lowest BCUT2D eigenvalue weighted by molar-refractivity contribution is -0.919. The van der Waals surface area contributed by atoms with Crippen LogP contribution in [-0.4, -0.2) is 44.4 Å². The maximum Gasteiger partial charge on any atom is 0.102 e. The molecule has 0 radical (unpaired) electrons. The molecule has 0 atom stereocenters. The van der Waals surface area contributed by atoms with E-state index >= 15 is 0 Å². The van der Waals surface area contributed by atoms with Crippen molar-refractivity contribution in [2.45, 2.75) is 25.7 Å². The molecular formula is C11H22NO+. The molecule has 0 bridgehead atoms. The van der Waals surface area contributed by atoms with Gasteiger partial charge in [0.15, 0.2) is 0 Å². The predicted molar refractivity (Wildman–Crippen MR) is 53.6 cm³/mol. The van der Waals surface area contributed by atoms with Crippen LogP contribution in [0.3, 0.4) is 0 Å². The quantitative estimate of drug-likeness (QED) is 0.593. The number of likely N-dealkylation sites (N-methyl/N-ethyl adjacent to an activating group) is 1. The SMILES string of the molecule is C[N+]1(CC2CCCC2)CCOCC1. The fourth-order valence-corrected chi connectivity index (χ4v) is 2.78. The number of quaternary nitrogens is 1. The van der Waals surface area contributed by atoms with Crippen molar-refractivity contribution in [2.75, 3.05) is 39.9 Å². The van der Waals surface area contributed by atoms with Crippen LogP contribution in [0.15, 0.2) is 0 Å². The highest BCUT2D eigenvalue weighted by Gasteiger charge is 2.30. The average molecular weight is 184 g/mol. The van der Waals surface area contributed by atoms with E-state index in [4.69, 9.17) is 4.74 Å². The Hall–Kier alpha value is -0.0800. The van der Waals surface area contributed by atoms with Crippen molar-refractivity contribution in [3.05, 3.63) is 0 Å². The largest absolute Gasteiger partial charge is 0.370 e. The van der Waals surface area contributed by atoms with Crippen molar-refractivity contribution in [2.24, 2.45) is 5.92 Å². The van der Waals surface area contributed by atoms with Gasteiger partial charge in [-0.2, -0.15) is 0 Å². The van der Waals surface area contributed by atoms with Gasteiger partial charge in [0.2, 0.25) is 0 Å². The summed E-state index contributed by atoms with van der Waals surface area (Å²) in [5.41, 5.74) is 0. The highest BCUT2D eigenvalue weighted by atomic mass is 16.5. The van der Waals surface area contributed by atoms with Crippen molar-refractivity contribution >= 4 is 0 Å². The van der Waals surface area contributed by atoms with Crippen LogP contribution in [0.25, 0.3) is 0 Å². The minimum Gasteiger partial charge on any atom is -0.370 e. The fourth-order valence-electron chi connectivity index (χ4n) is 2.78. The van der Waals surface area contributed by atoms with Crippen LogP contribution < -0.4 is 0 Å². The Labute approximate surface area is 81.5 Å². The summed E-state index contributed by atoms with van der Waals surface area (Å²) < 4.78 is 6.68. The summed E-state index contributed by atoms with van der Waals surface area (Å²) in [6, 6.07) is 0. The van der Waals surface area contributed by atoms with Gasteiger partial charge in [-0.15, -0.1) is 0 Å². The third kappa shape index (κ3) is 2.44. The number of ether oxygens (including phenoxy) is 1. The Kier molecular flexibility index (Phi) is 2.89. The maximum absolute atomic E-state index is 5.41. The lowest BCUT2D eigenvalue weighted by Gasteiger charge is -2.39. The van der Waals surface area contributed by atoms with E-state index in [1.54, 1.807) is 0 Å². The highest BCUT2D eigenvalue weighted by molar-refractivity contribution is 4.67. The highest BCUT2D eigenvalue weighted by Crippen LogP contribution is 2.27. The van der Waals surface area contributed by atoms with Crippen LogP contribution in [0.2, 0.25) is 0 Å². The Morgan fingerprint density at radius 3 is 2.38 bits per heavy atom. The van der Waals surface area contributed by atoms with Crippen molar-refractivity contribution in [3.8, 4) is 0 Å². The molecule has 13 heavy (non-hydrogen) atoms. The zero-order valence-corrected chi connectivity index (χ0v) is 8.80. The van der Waals surface area contributed by atoms with E-state index in [1.165, 1.54) is 49.8 Å². The predicted octanol–water partition coefficient (Wildman–Crippen LogP) is 1.65. The van der Waals surface area contributed by atoms with E-state index < -0.39 is 0 Å². The number of rotatable bonds is 2. The van der Waals surface area contributed by atoms with Gasteiger partial charge in [-0.3, -0.25) is 0 Å². The van der Waals surface area contributed by atoms with Crippen molar-refractivity contribution in [1.29, 1.82) is 0 Å². The summed E-state index contributed by atoms with van der Waals surface area (Å²) in [6.45, 7) is 5.82. The molecule has 1 saturated heterocycles. The van der Waals surface area contributed by atoms with Crippen molar-refractivity contribution in [3.63, 3.8) is 0 Å². The summed E-state index contributed by atoms with van der Waals surface area (Å²) in [7, 11) is 2.40. The normalized spacial score (nSPS) is 29.3. The molecule has 0 amide bonds. The van der Waals surface area contributed by atoms with Crippen LogP contribution in [0.5, 0.6) is 0 Å². The molecule has 1 aliphatic heterocycles. The molecule has 0 aromatic carbocycles. The Morgan fingerprint density at radius 2 is 1.77 bits per heavy atom. The third-order valence-electron chi connectivity index (χ3n) is 3.72. The first-order valence-electron chi connectivity index (χ1n) is 5.70. The molecule has 2 fully saturated rings. The average Bonchev–Trinajstić information content (AvgIpc) is 2.57. The van der Waals surface area contributed by atoms with E-state index in [9.17, 15) is 0 Å². The molecule has 76 valence electrons. The molecule has 2 heteroatoms. The molecule has 0 N–H and O–H groups in total. The molecule has 1 heterocycles. The minimum absolute atomic E-state index is 0.975. The molecular weight excluding hydrogens is 162 g/mol. The molecule has 2 rings (SSSR count). The number of hydrogen-bond donors (Lipinski definition) is 0. The maximum atomic E-state index is 5.41. The zero-order chi connectivity index (χ0) is 9.15. The first-order valence-corrected chi connectivity index (χ1v) is 5.70. The second-order valence-electron chi connectivity index (χ2n) is 5.01. The minimum atomic E-state index is 0.975. The third-order valence-corrected chi connectivity index (χ3v) is 3.72. The van der Waals surface area contributed by atoms with Gasteiger partial charge in [0, 0.05) is 5.92 Å². The van der Waals surface area contributed by atoms with Gasteiger partial charge < -0.3 is 9.22 Å². The fraction of sp³-hybridized carbons (Fsp3) is 1.00. The van der Waals surface area contributed by atoms with Gasteiger partial charge in [0.1, 0.15) is 13.1 Å². The van der Waals surface area contributed by atoms with Gasteiger partial charge >= 0.3 is 0 Å². The number of nitrogens with zero attached hydrogens (tertiary/aromatic N) is 1. The van der Waals surface area contributed by atoms with Gasteiger partial charge in [-0.25, -0.2) is 0 Å². The Bertz CT molecular complexity index is 157. The van der Waals surface area contributed by atoms with Crippen LogP contribution in [0, 0.1) is 5.92 Å². The van der Waals surface area contributed by atoms with Crippen LogP contribution in [-0.2, 0) is 4.74 Å².